The van der Waals surface area contributed by atoms with Gasteiger partial charge >= 0.3 is 0 Å². The fraction of sp³-hybridized carbons (Fsp3) is 0.455. The summed E-state index contributed by atoms with van der Waals surface area (Å²) in [6.07, 6.45) is 1.92. The summed E-state index contributed by atoms with van der Waals surface area (Å²) in [5, 5.41) is 4.32. The van der Waals surface area contributed by atoms with Crippen LogP contribution >= 0.6 is 22.9 Å². The molecule has 2 rings (SSSR count). The Balaban J connectivity index is 1.85. The third-order valence-electron chi connectivity index (χ3n) is 2.66. The van der Waals surface area contributed by atoms with Gasteiger partial charge in [-0.05, 0) is 26.3 Å². The molecular formula is C11H15ClN4O2S2. The van der Waals surface area contributed by atoms with Crippen LogP contribution in [0.1, 0.15) is 17.8 Å². The molecule has 1 N–H and O–H groups in total. The Kier molecular flexibility index (Phi) is 4.79. The fourth-order valence-corrected chi connectivity index (χ4v) is 4.18. The van der Waals surface area contributed by atoms with Crippen molar-refractivity contribution in [2.45, 2.75) is 31.0 Å². The van der Waals surface area contributed by atoms with Gasteiger partial charge in [-0.2, -0.15) is 5.10 Å². The zero-order valence-electron chi connectivity index (χ0n) is 11.1. The minimum absolute atomic E-state index is 0.133. The van der Waals surface area contributed by atoms with Crippen LogP contribution in [0.4, 0.5) is 0 Å². The lowest BCUT2D eigenvalue weighted by molar-refractivity contribution is 0.545. The van der Waals surface area contributed by atoms with Crippen molar-refractivity contribution in [3.8, 4) is 0 Å². The first kappa shape index (κ1) is 15.4. The highest BCUT2D eigenvalue weighted by Gasteiger charge is 2.16. The van der Waals surface area contributed by atoms with E-state index in [-0.39, 0.29) is 8.68 Å². The van der Waals surface area contributed by atoms with Crippen molar-refractivity contribution in [1.82, 2.24) is 19.5 Å². The Morgan fingerprint density at radius 1 is 1.45 bits per heavy atom. The summed E-state index contributed by atoms with van der Waals surface area (Å²) < 4.78 is 28.6. The lowest BCUT2D eigenvalue weighted by Crippen LogP contribution is -2.25. The molecule has 0 aromatic carbocycles. The average molecular weight is 335 g/mol. The average Bonchev–Trinajstić information content (AvgIpc) is 2.92. The molecule has 0 saturated carbocycles. The van der Waals surface area contributed by atoms with Gasteiger partial charge < -0.3 is 0 Å². The van der Waals surface area contributed by atoms with Gasteiger partial charge in [0.15, 0.2) is 8.68 Å². The largest absolute Gasteiger partial charge is 0.270 e. The van der Waals surface area contributed by atoms with Gasteiger partial charge in [0.2, 0.25) is 0 Å². The van der Waals surface area contributed by atoms with E-state index in [1.807, 2.05) is 24.6 Å². The third-order valence-corrected chi connectivity index (χ3v) is 5.70. The van der Waals surface area contributed by atoms with Crippen LogP contribution in [0.25, 0.3) is 0 Å². The first-order chi connectivity index (χ1) is 9.38. The molecule has 0 radical (unpaired) electrons. The molecule has 6 nitrogen and oxygen atoms in total. The quantitative estimate of drug-likeness (QED) is 0.819. The molecule has 2 aromatic rings. The van der Waals surface area contributed by atoms with Crippen molar-refractivity contribution in [1.29, 1.82) is 0 Å². The predicted octanol–water partition coefficient (Wildman–Crippen LogP) is 1.98. The van der Waals surface area contributed by atoms with Gasteiger partial charge in [0.25, 0.3) is 10.0 Å². The zero-order valence-corrected chi connectivity index (χ0v) is 13.5. The summed E-state index contributed by atoms with van der Waals surface area (Å²) in [6, 6.07) is 1.99. The lowest BCUT2D eigenvalue weighted by Gasteiger charge is -2.06. The van der Waals surface area contributed by atoms with E-state index >= 15 is 0 Å². The minimum atomic E-state index is -3.51. The monoisotopic (exact) mass is 334 g/mol. The number of nitrogens with zero attached hydrogens (tertiary/aromatic N) is 3. The number of aryl methyl sites for hydroxylation is 3. The molecule has 0 bridgehead atoms. The molecule has 0 aliphatic carbocycles. The number of hydrogen-bond acceptors (Lipinski definition) is 5. The maximum Gasteiger partial charge on any atom is 0.251 e. The highest BCUT2D eigenvalue weighted by Crippen LogP contribution is 2.21. The van der Waals surface area contributed by atoms with Crippen molar-refractivity contribution in [3.05, 3.63) is 28.1 Å². The first-order valence-electron chi connectivity index (χ1n) is 6.00. The molecule has 0 aliphatic heterocycles. The Hall–Kier alpha value is -0.960. The summed E-state index contributed by atoms with van der Waals surface area (Å²) in [4.78, 5) is 3.72. The van der Waals surface area contributed by atoms with Gasteiger partial charge in [-0.1, -0.05) is 22.9 Å². The molecule has 0 unspecified atom stereocenters. The van der Waals surface area contributed by atoms with E-state index < -0.39 is 10.0 Å². The number of nitrogens with one attached hydrogen (secondary N) is 1. The van der Waals surface area contributed by atoms with E-state index in [0.717, 1.165) is 22.7 Å². The van der Waals surface area contributed by atoms with Crippen molar-refractivity contribution in [2.75, 3.05) is 6.54 Å². The van der Waals surface area contributed by atoms with Crippen LogP contribution in [0.3, 0.4) is 0 Å². The van der Waals surface area contributed by atoms with Crippen LogP contribution in [0, 0.1) is 13.8 Å². The van der Waals surface area contributed by atoms with E-state index in [0.29, 0.717) is 19.5 Å². The number of halogens is 1. The van der Waals surface area contributed by atoms with Gasteiger partial charge in [0.05, 0.1) is 11.9 Å². The van der Waals surface area contributed by atoms with E-state index in [1.54, 1.807) is 0 Å². The molecule has 20 heavy (non-hydrogen) atoms. The van der Waals surface area contributed by atoms with Crippen molar-refractivity contribution in [2.24, 2.45) is 0 Å². The molecule has 0 fully saturated rings. The van der Waals surface area contributed by atoms with Crippen LogP contribution in [-0.4, -0.2) is 29.7 Å². The Labute approximate surface area is 126 Å². The Bertz CT molecular complexity index is 693. The van der Waals surface area contributed by atoms with Crippen LogP contribution < -0.4 is 4.72 Å². The van der Waals surface area contributed by atoms with E-state index in [4.69, 9.17) is 11.6 Å². The predicted molar refractivity (Wildman–Crippen MR) is 78.6 cm³/mol. The van der Waals surface area contributed by atoms with Crippen LogP contribution in [0.5, 0.6) is 0 Å². The summed E-state index contributed by atoms with van der Waals surface area (Å²) >= 11 is 6.57. The molecule has 0 amide bonds. The molecular weight excluding hydrogens is 320 g/mol. The van der Waals surface area contributed by atoms with E-state index in [9.17, 15) is 8.42 Å². The molecule has 0 spiro atoms. The van der Waals surface area contributed by atoms with Gasteiger partial charge in [-0.3, -0.25) is 4.68 Å². The van der Waals surface area contributed by atoms with E-state index in [1.165, 1.54) is 6.20 Å². The SMILES string of the molecule is Cc1cc(C)n(CCCNS(=O)(=O)c2cnc(Cl)s2)n1. The van der Waals surface area contributed by atoms with Crippen LogP contribution in [-0.2, 0) is 16.6 Å². The van der Waals surface area contributed by atoms with Gasteiger partial charge in [0, 0.05) is 18.8 Å². The van der Waals surface area contributed by atoms with Gasteiger partial charge in [0.1, 0.15) is 0 Å². The topological polar surface area (TPSA) is 76.9 Å². The number of rotatable bonds is 6. The van der Waals surface area contributed by atoms with E-state index in [2.05, 4.69) is 14.8 Å². The van der Waals surface area contributed by atoms with Crippen LogP contribution in [0.15, 0.2) is 16.5 Å². The number of sulfonamides is 1. The maximum absolute atomic E-state index is 11.9. The first-order valence-corrected chi connectivity index (χ1v) is 8.68. The highest BCUT2D eigenvalue weighted by molar-refractivity contribution is 7.91. The highest BCUT2D eigenvalue weighted by atomic mass is 35.5. The Morgan fingerprint density at radius 2 is 2.20 bits per heavy atom. The second kappa shape index (κ2) is 6.21. The van der Waals surface area contributed by atoms with Crippen molar-refractivity contribution in [3.63, 3.8) is 0 Å². The number of hydrogen-bond donors (Lipinski definition) is 1. The molecule has 110 valence electrons. The summed E-state index contributed by atoms with van der Waals surface area (Å²) in [5.74, 6) is 0. The smallest absolute Gasteiger partial charge is 0.251 e. The molecule has 9 heteroatoms. The number of thiazole rings is 1. The zero-order chi connectivity index (χ0) is 14.8. The summed E-state index contributed by atoms with van der Waals surface area (Å²) in [5.41, 5.74) is 2.03. The molecule has 0 atom stereocenters. The standard InChI is InChI=1S/C11H15ClN4O2S2/c1-8-6-9(2)16(15-8)5-3-4-14-20(17,18)10-7-13-11(12)19-10/h6-7,14H,3-5H2,1-2H3. The second-order valence-electron chi connectivity index (χ2n) is 4.33. The third kappa shape index (κ3) is 3.78. The van der Waals surface area contributed by atoms with Crippen molar-refractivity contribution < 1.29 is 8.42 Å². The molecule has 0 saturated heterocycles. The second-order valence-corrected chi connectivity index (χ2v) is 7.94. The molecule has 2 heterocycles. The van der Waals surface area contributed by atoms with Gasteiger partial charge in [-0.15, -0.1) is 0 Å². The maximum atomic E-state index is 11.9. The Morgan fingerprint density at radius 3 is 2.75 bits per heavy atom. The van der Waals surface area contributed by atoms with Crippen LogP contribution in [0.2, 0.25) is 4.47 Å². The minimum Gasteiger partial charge on any atom is -0.270 e. The number of aromatic nitrogens is 3. The molecule has 2 aromatic heterocycles. The van der Waals surface area contributed by atoms with Crippen molar-refractivity contribution >= 4 is 33.0 Å². The summed E-state index contributed by atoms with van der Waals surface area (Å²) in [7, 11) is -3.51. The normalized spacial score (nSPS) is 11.9. The molecule has 0 aliphatic rings. The van der Waals surface area contributed by atoms with Gasteiger partial charge in [-0.25, -0.2) is 18.1 Å². The summed E-state index contributed by atoms with van der Waals surface area (Å²) in [6.45, 7) is 4.92. The fourth-order valence-electron chi connectivity index (χ4n) is 1.77. The lowest BCUT2D eigenvalue weighted by atomic mass is 10.4.